The van der Waals surface area contributed by atoms with Gasteiger partial charge in [-0.05, 0) is 30.7 Å². The van der Waals surface area contributed by atoms with Crippen LogP contribution in [0.2, 0.25) is 5.02 Å². The normalized spacial score (nSPS) is 17.5. The lowest BCUT2D eigenvalue weighted by Crippen LogP contribution is -2.16. The second-order valence-electron chi connectivity index (χ2n) is 3.12. The molecular weight excluding hydrogens is 218 g/mol. The van der Waals surface area contributed by atoms with Crippen molar-refractivity contribution in [2.75, 3.05) is 19.0 Å². The Labute approximate surface area is 93.1 Å². The van der Waals surface area contributed by atoms with Gasteiger partial charge in [0, 0.05) is 16.5 Å². The average molecular weight is 230 g/mol. The molecule has 1 aliphatic heterocycles. The van der Waals surface area contributed by atoms with Gasteiger partial charge in [0.2, 0.25) is 0 Å². The van der Waals surface area contributed by atoms with Crippen LogP contribution < -0.4 is 0 Å². The Balaban J connectivity index is 1.82. The Kier molecular flexibility index (Phi) is 3.70. The third-order valence-corrected chi connectivity index (χ3v) is 3.29. The second kappa shape index (κ2) is 5.03. The van der Waals surface area contributed by atoms with Crippen LogP contribution in [0.15, 0.2) is 29.2 Å². The van der Waals surface area contributed by atoms with Crippen molar-refractivity contribution in [3.8, 4) is 0 Å². The highest BCUT2D eigenvalue weighted by Crippen LogP contribution is 2.22. The second-order valence-corrected chi connectivity index (χ2v) is 4.57. The van der Waals surface area contributed by atoms with Crippen molar-refractivity contribution in [1.82, 2.24) is 5.06 Å². The van der Waals surface area contributed by atoms with Gasteiger partial charge < -0.3 is 0 Å². The van der Waals surface area contributed by atoms with Crippen molar-refractivity contribution in [3.63, 3.8) is 0 Å². The smallest absolute Gasteiger partial charge is 0.0743 e. The molecule has 0 saturated carbocycles. The van der Waals surface area contributed by atoms with Gasteiger partial charge in [-0.3, -0.25) is 4.84 Å². The Bertz CT molecular complexity index is 285. The van der Waals surface area contributed by atoms with Crippen LogP contribution in [0.5, 0.6) is 0 Å². The highest BCUT2D eigenvalue weighted by atomic mass is 35.5. The van der Waals surface area contributed by atoms with Crippen LogP contribution in [0.1, 0.15) is 6.42 Å². The number of hydroxylamine groups is 2. The lowest BCUT2D eigenvalue weighted by Gasteiger charge is -2.12. The minimum Gasteiger partial charge on any atom is -0.298 e. The van der Waals surface area contributed by atoms with Gasteiger partial charge in [0.05, 0.1) is 12.5 Å². The van der Waals surface area contributed by atoms with E-state index in [1.54, 1.807) is 11.8 Å². The fraction of sp³-hybridized carbons (Fsp3) is 0.400. The molecule has 0 N–H and O–H groups in total. The number of thioether (sulfide) groups is 1. The maximum absolute atomic E-state index is 5.79. The molecule has 4 heteroatoms. The fourth-order valence-corrected chi connectivity index (χ4v) is 2.23. The lowest BCUT2D eigenvalue weighted by atomic mass is 10.4. The lowest BCUT2D eigenvalue weighted by molar-refractivity contribution is -0.0927. The largest absolute Gasteiger partial charge is 0.298 e. The molecule has 2 nitrogen and oxygen atoms in total. The number of hydrogen-bond acceptors (Lipinski definition) is 3. The van der Waals surface area contributed by atoms with Crippen LogP contribution in [0.3, 0.4) is 0 Å². The molecule has 0 unspecified atom stereocenters. The maximum Gasteiger partial charge on any atom is 0.0743 e. The van der Waals surface area contributed by atoms with Crippen LogP contribution in [-0.2, 0) is 4.84 Å². The van der Waals surface area contributed by atoms with Crippen molar-refractivity contribution < 1.29 is 4.84 Å². The van der Waals surface area contributed by atoms with E-state index >= 15 is 0 Å². The van der Waals surface area contributed by atoms with Gasteiger partial charge in [-0.15, -0.1) is 11.8 Å². The predicted octanol–water partition coefficient (Wildman–Crippen LogP) is 3.03. The summed E-state index contributed by atoms with van der Waals surface area (Å²) in [5, 5.41) is 2.78. The molecule has 0 bridgehead atoms. The molecule has 1 heterocycles. The fourth-order valence-electron chi connectivity index (χ4n) is 1.28. The summed E-state index contributed by atoms with van der Waals surface area (Å²) in [4.78, 5) is 6.61. The van der Waals surface area contributed by atoms with Gasteiger partial charge in [0.15, 0.2) is 0 Å². The molecule has 1 saturated heterocycles. The van der Waals surface area contributed by atoms with E-state index < -0.39 is 0 Å². The quantitative estimate of drug-likeness (QED) is 0.740. The van der Waals surface area contributed by atoms with Gasteiger partial charge in [-0.2, -0.15) is 5.06 Å². The Morgan fingerprint density at radius 1 is 1.36 bits per heavy atom. The maximum atomic E-state index is 5.79. The number of hydrogen-bond donors (Lipinski definition) is 0. The molecule has 1 aromatic carbocycles. The molecule has 2 rings (SSSR count). The number of benzene rings is 1. The summed E-state index contributed by atoms with van der Waals surface area (Å²) in [6.45, 7) is 1.90. The standard InChI is InChI=1S/C10H12ClNOS/c11-9-2-4-10(5-3-9)14-8-12-6-1-7-13-12/h2-5H,1,6-8H2. The summed E-state index contributed by atoms with van der Waals surface area (Å²) in [5.74, 6) is 0.891. The molecule has 0 atom stereocenters. The summed E-state index contributed by atoms with van der Waals surface area (Å²) in [6, 6.07) is 7.88. The predicted molar refractivity (Wildman–Crippen MR) is 59.5 cm³/mol. The first kappa shape index (κ1) is 10.3. The van der Waals surface area contributed by atoms with Gasteiger partial charge in [0.1, 0.15) is 0 Å². The van der Waals surface area contributed by atoms with E-state index in [0.29, 0.717) is 0 Å². The molecule has 76 valence electrons. The highest BCUT2D eigenvalue weighted by molar-refractivity contribution is 7.99. The molecule has 1 aliphatic rings. The molecule has 0 radical (unpaired) electrons. The summed E-state index contributed by atoms with van der Waals surface area (Å²) >= 11 is 7.56. The van der Waals surface area contributed by atoms with Gasteiger partial charge in [-0.1, -0.05) is 11.6 Å². The third kappa shape index (κ3) is 2.89. The van der Waals surface area contributed by atoms with E-state index in [9.17, 15) is 0 Å². The molecule has 0 amide bonds. The van der Waals surface area contributed by atoms with Crippen molar-refractivity contribution >= 4 is 23.4 Å². The van der Waals surface area contributed by atoms with Crippen LogP contribution in [0.25, 0.3) is 0 Å². The highest BCUT2D eigenvalue weighted by Gasteiger charge is 2.11. The van der Waals surface area contributed by atoms with Crippen LogP contribution in [0.4, 0.5) is 0 Å². The summed E-state index contributed by atoms with van der Waals surface area (Å²) in [7, 11) is 0. The van der Waals surface area contributed by atoms with Crippen molar-refractivity contribution in [2.45, 2.75) is 11.3 Å². The monoisotopic (exact) mass is 229 g/mol. The number of rotatable bonds is 3. The zero-order valence-electron chi connectivity index (χ0n) is 7.78. The topological polar surface area (TPSA) is 12.5 Å². The summed E-state index contributed by atoms with van der Waals surface area (Å²) < 4.78 is 0. The van der Waals surface area contributed by atoms with E-state index in [1.165, 1.54) is 4.90 Å². The number of nitrogens with zero attached hydrogens (tertiary/aromatic N) is 1. The van der Waals surface area contributed by atoms with Crippen LogP contribution in [-0.4, -0.2) is 24.1 Å². The molecule has 14 heavy (non-hydrogen) atoms. The van der Waals surface area contributed by atoms with Gasteiger partial charge in [-0.25, -0.2) is 0 Å². The van der Waals surface area contributed by atoms with E-state index in [0.717, 1.165) is 30.5 Å². The zero-order valence-corrected chi connectivity index (χ0v) is 9.35. The minimum atomic E-state index is 0.784. The molecule has 0 aromatic heterocycles. The zero-order chi connectivity index (χ0) is 9.80. The summed E-state index contributed by atoms with van der Waals surface area (Å²) in [5.41, 5.74) is 0. The molecule has 0 aliphatic carbocycles. The van der Waals surface area contributed by atoms with E-state index in [-0.39, 0.29) is 0 Å². The SMILES string of the molecule is Clc1ccc(SCN2CCCO2)cc1. The average Bonchev–Trinajstić information content (AvgIpc) is 2.70. The van der Waals surface area contributed by atoms with E-state index in [2.05, 4.69) is 0 Å². The summed E-state index contributed by atoms with van der Waals surface area (Å²) in [6.07, 6.45) is 1.14. The Morgan fingerprint density at radius 2 is 2.14 bits per heavy atom. The van der Waals surface area contributed by atoms with Crippen molar-refractivity contribution in [1.29, 1.82) is 0 Å². The first-order valence-electron chi connectivity index (χ1n) is 4.61. The van der Waals surface area contributed by atoms with Crippen LogP contribution >= 0.6 is 23.4 Å². The molecule has 1 aromatic rings. The van der Waals surface area contributed by atoms with Crippen LogP contribution in [0, 0.1) is 0 Å². The van der Waals surface area contributed by atoms with Gasteiger partial charge in [0.25, 0.3) is 0 Å². The minimum absolute atomic E-state index is 0.784. The van der Waals surface area contributed by atoms with E-state index in [1.807, 2.05) is 29.3 Å². The van der Waals surface area contributed by atoms with Crippen molar-refractivity contribution in [3.05, 3.63) is 29.3 Å². The molecular formula is C10H12ClNOS. The number of halogens is 1. The van der Waals surface area contributed by atoms with Gasteiger partial charge >= 0.3 is 0 Å². The van der Waals surface area contributed by atoms with E-state index in [4.69, 9.17) is 16.4 Å². The Hall–Kier alpha value is -0.220. The first-order chi connectivity index (χ1) is 6.84. The third-order valence-electron chi connectivity index (χ3n) is 2.01. The molecule has 0 spiro atoms. The van der Waals surface area contributed by atoms with Crippen molar-refractivity contribution in [2.24, 2.45) is 0 Å². The molecule has 1 fully saturated rings. The Morgan fingerprint density at radius 3 is 2.79 bits per heavy atom. The first-order valence-corrected chi connectivity index (χ1v) is 5.97.